The third-order valence-corrected chi connectivity index (χ3v) is 4.83. The Morgan fingerprint density at radius 3 is 2.43 bits per heavy atom. The third kappa shape index (κ3) is 8.48. The summed E-state index contributed by atoms with van der Waals surface area (Å²) < 4.78 is 5.61. The van der Waals surface area contributed by atoms with Crippen LogP contribution in [0.4, 0.5) is 0 Å². The Bertz CT molecular complexity index is 583. The molecule has 0 spiro atoms. The number of aliphatic imine (C=N–C) groups is 2. The largest absolute Gasteiger partial charge is 0.387 e. The molecule has 3 unspecified atom stereocenters. The summed E-state index contributed by atoms with van der Waals surface area (Å²) in [6.45, 7) is 9.28. The van der Waals surface area contributed by atoms with E-state index in [9.17, 15) is 4.79 Å². The molecule has 0 aliphatic heterocycles. The summed E-state index contributed by atoms with van der Waals surface area (Å²) in [7, 11) is 1.65. The molecular formula is C20H38N6O2. The van der Waals surface area contributed by atoms with Crippen LogP contribution in [0.15, 0.2) is 9.98 Å². The van der Waals surface area contributed by atoms with Gasteiger partial charge in [0.2, 0.25) is 0 Å². The second kappa shape index (κ2) is 11.9. The number of nitrogens with zero attached hydrogens (tertiary/aromatic N) is 2. The molecule has 0 aromatic rings. The summed E-state index contributed by atoms with van der Waals surface area (Å²) in [5.74, 6) is 0.118. The van der Waals surface area contributed by atoms with Crippen molar-refractivity contribution in [1.82, 2.24) is 5.32 Å². The summed E-state index contributed by atoms with van der Waals surface area (Å²) in [5.41, 5.74) is 12.4. The number of methoxy groups -OCH3 is 1. The van der Waals surface area contributed by atoms with Crippen LogP contribution < -0.4 is 16.8 Å². The van der Waals surface area contributed by atoms with Gasteiger partial charge in [0.1, 0.15) is 17.6 Å². The van der Waals surface area contributed by atoms with E-state index in [1.54, 1.807) is 14.0 Å². The van der Waals surface area contributed by atoms with Gasteiger partial charge in [-0.3, -0.25) is 9.79 Å². The molecular weight excluding hydrogens is 356 g/mol. The van der Waals surface area contributed by atoms with Gasteiger partial charge in [-0.1, -0.05) is 20.8 Å². The number of nitrogens with one attached hydrogen (secondary N) is 2. The van der Waals surface area contributed by atoms with Gasteiger partial charge in [-0.2, -0.15) is 4.99 Å². The van der Waals surface area contributed by atoms with Gasteiger partial charge in [-0.15, -0.1) is 0 Å². The van der Waals surface area contributed by atoms with Crippen LogP contribution in [-0.2, 0) is 9.53 Å². The highest BCUT2D eigenvalue weighted by molar-refractivity contribution is 6.09. The lowest BCUT2D eigenvalue weighted by Gasteiger charge is -2.26. The van der Waals surface area contributed by atoms with Gasteiger partial charge in [-0.05, 0) is 38.6 Å². The molecule has 1 saturated carbocycles. The van der Waals surface area contributed by atoms with Gasteiger partial charge >= 0.3 is 0 Å². The minimum Gasteiger partial charge on any atom is -0.387 e. The lowest BCUT2D eigenvalue weighted by molar-refractivity contribution is -0.119. The van der Waals surface area contributed by atoms with Crippen molar-refractivity contribution >= 4 is 23.3 Å². The molecule has 3 atom stereocenters. The predicted molar refractivity (Wildman–Crippen MR) is 115 cm³/mol. The second-order valence-electron chi connectivity index (χ2n) is 8.04. The monoisotopic (exact) mass is 394 g/mol. The summed E-state index contributed by atoms with van der Waals surface area (Å²) in [6, 6.07) is 0.145. The highest BCUT2D eigenvalue weighted by Crippen LogP contribution is 2.29. The molecule has 0 aromatic heterocycles. The standard InChI is InChI=1S/C20H38N6O2/c1-6-16(24-10-12(2)3)17(28-5)11-25-19(23)15(9-13(4)21)20(27)26-18(22)14-7-8-14/h12,14-17,21,24H,6-11H2,1-5H3,(H2,23,25)(H2,22,26,27). The molecule has 6 N–H and O–H groups in total. The molecule has 1 fully saturated rings. The van der Waals surface area contributed by atoms with Gasteiger partial charge in [0.25, 0.3) is 5.91 Å². The summed E-state index contributed by atoms with van der Waals surface area (Å²) in [4.78, 5) is 21.0. The first-order chi connectivity index (χ1) is 13.2. The number of hydrogen-bond donors (Lipinski definition) is 4. The average molecular weight is 395 g/mol. The maximum atomic E-state index is 12.6. The smallest absolute Gasteiger partial charge is 0.258 e. The Balaban J connectivity index is 2.85. The van der Waals surface area contributed by atoms with Crippen LogP contribution in [-0.4, -0.2) is 55.6 Å². The van der Waals surface area contributed by atoms with Crippen LogP contribution in [0.1, 0.15) is 53.4 Å². The molecule has 28 heavy (non-hydrogen) atoms. The van der Waals surface area contributed by atoms with E-state index in [0.717, 1.165) is 25.8 Å². The maximum Gasteiger partial charge on any atom is 0.258 e. The van der Waals surface area contributed by atoms with Crippen molar-refractivity contribution in [2.45, 2.75) is 65.5 Å². The molecule has 8 nitrogen and oxygen atoms in total. The van der Waals surface area contributed by atoms with Crippen molar-refractivity contribution in [2.24, 2.45) is 39.2 Å². The van der Waals surface area contributed by atoms with Crippen LogP contribution in [0.5, 0.6) is 0 Å². The van der Waals surface area contributed by atoms with Gasteiger partial charge in [0.15, 0.2) is 0 Å². The molecule has 1 aliphatic rings. The number of nitrogens with two attached hydrogens (primary N) is 2. The van der Waals surface area contributed by atoms with Crippen molar-refractivity contribution in [3.63, 3.8) is 0 Å². The van der Waals surface area contributed by atoms with E-state index >= 15 is 0 Å². The normalized spacial score (nSPS) is 18.8. The zero-order valence-electron chi connectivity index (χ0n) is 18.0. The fourth-order valence-corrected chi connectivity index (χ4v) is 2.90. The SMILES string of the molecule is CCC(NCC(C)C)C(CN=C(N)C(CC(C)=N)C(=O)N=C(N)C1CC1)OC. The number of ether oxygens (including phenoxy) is 1. The first-order valence-electron chi connectivity index (χ1n) is 10.2. The predicted octanol–water partition coefficient (Wildman–Crippen LogP) is 1.72. The number of rotatable bonds is 13. The minimum atomic E-state index is -0.754. The van der Waals surface area contributed by atoms with Crippen molar-refractivity contribution in [3.05, 3.63) is 0 Å². The zero-order chi connectivity index (χ0) is 21.3. The molecule has 1 amide bonds. The van der Waals surface area contributed by atoms with Crippen LogP contribution in [0, 0.1) is 23.2 Å². The molecule has 8 heteroatoms. The van der Waals surface area contributed by atoms with Crippen molar-refractivity contribution in [3.8, 4) is 0 Å². The van der Waals surface area contributed by atoms with E-state index in [-0.39, 0.29) is 30.3 Å². The van der Waals surface area contributed by atoms with Gasteiger partial charge in [0, 0.05) is 31.2 Å². The highest BCUT2D eigenvalue weighted by atomic mass is 16.5. The topological polar surface area (TPSA) is 139 Å². The fraction of sp³-hybridized carbons (Fsp3) is 0.800. The number of carbonyl (C=O) groups excluding carboxylic acids is 1. The van der Waals surface area contributed by atoms with Crippen LogP contribution in [0.2, 0.25) is 0 Å². The lowest BCUT2D eigenvalue weighted by atomic mass is 10.00. The van der Waals surface area contributed by atoms with E-state index in [1.165, 1.54) is 0 Å². The fourth-order valence-electron chi connectivity index (χ4n) is 2.90. The summed E-state index contributed by atoms with van der Waals surface area (Å²) in [5, 5.41) is 11.3. The number of carbonyl (C=O) groups is 1. The number of amidine groups is 2. The molecule has 0 bridgehead atoms. The lowest BCUT2D eigenvalue weighted by Crippen LogP contribution is -2.44. The van der Waals surface area contributed by atoms with E-state index in [2.05, 4.69) is 36.1 Å². The quantitative estimate of drug-likeness (QED) is 0.278. The Hall–Kier alpha value is -1.80. The number of amides is 1. The Morgan fingerprint density at radius 2 is 1.96 bits per heavy atom. The van der Waals surface area contributed by atoms with E-state index in [4.69, 9.17) is 21.6 Å². The van der Waals surface area contributed by atoms with Gasteiger partial charge in [-0.25, -0.2) is 0 Å². The molecule has 0 heterocycles. The molecule has 1 aliphatic carbocycles. The summed E-state index contributed by atoms with van der Waals surface area (Å²) >= 11 is 0. The zero-order valence-corrected chi connectivity index (χ0v) is 18.0. The van der Waals surface area contributed by atoms with Gasteiger partial charge < -0.3 is 26.9 Å². The molecule has 160 valence electrons. The second-order valence-corrected chi connectivity index (χ2v) is 8.04. The Labute approximate surface area is 169 Å². The van der Waals surface area contributed by atoms with Crippen molar-refractivity contribution < 1.29 is 9.53 Å². The Kier molecular flexibility index (Phi) is 10.3. The number of hydrogen-bond acceptors (Lipinski definition) is 5. The minimum absolute atomic E-state index is 0.145. The first-order valence-corrected chi connectivity index (χ1v) is 10.2. The Morgan fingerprint density at radius 1 is 1.32 bits per heavy atom. The van der Waals surface area contributed by atoms with Crippen molar-refractivity contribution in [2.75, 3.05) is 20.2 Å². The van der Waals surface area contributed by atoms with Crippen molar-refractivity contribution in [1.29, 1.82) is 5.41 Å². The van der Waals surface area contributed by atoms with Crippen LogP contribution in [0.3, 0.4) is 0 Å². The molecule has 0 radical (unpaired) electrons. The molecule has 0 aromatic carbocycles. The molecule has 0 saturated heterocycles. The maximum absolute atomic E-state index is 12.6. The highest BCUT2D eigenvalue weighted by Gasteiger charge is 2.29. The molecule has 1 rings (SSSR count). The third-order valence-electron chi connectivity index (χ3n) is 4.83. The van der Waals surface area contributed by atoms with E-state index in [0.29, 0.717) is 24.0 Å². The van der Waals surface area contributed by atoms with E-state index < -0.39 is 11.8 Å². The van der Waals surface area contributed by atoms with E-state index in [1.807, 2.05) is 0 Å². The first kappa shape index (κ1) is 24.2. The summed E-state index contributed by atoms with van der Waals surface area (Å²) in [6.07, 6.45) is 2.87. The van der Waals surface area contributed by atoms with Crippen LogP contribution >= 0.6 is 0 Å². The average Bonchev–Trinajstić information content (AvgIpc) is 3.46. The van der Waals surface area contributed by atoms with Gasteiger partial charge in [0.05, 0.1) is 12.6 Å². The van der Waals surface area contributed by atoms with Crippen LogP contribution in [0.25, 0.3) is 0 Å².